The van der Waals surface area contributed by atoms with E-state index in [0.29, 0.717) is 28.0 Å². The monoisotopic (exact) mass is 419 g/mol. The van der Waals surface area contributed by atoms with Crippen molar-refractivity contribution in [2.24, 2.45) is 0 Å². The number of rotatable bonds is 7. The molecule has 0 fully saturated rings. The number of hydrogen-bond acceptors (Lipinski definition) is 8. The summed E-state index contributed by atoms with van der Waals surface area (Å²) in [6, 6.07) is 6.78. The maximum atomic E-state index is 12.5. The van der Waals surface area contributed by atoms with Gasteiger partial charge in [0.25, 0.3) is 0 Å². The standard InChI is InChI=1S/C18H21N5O3S2/c1-12(2)26-13-7-8-14(20-11-13)18-21-17(27-22-18)10-15-16(6-5-9-19-15)28(24,25)23(3)4/h5-9,11-12H,10H2,1-4H3. The highest BCUT2D eigenvalue weighted by atomic mass is 32.2. The minimum absolute atomic E-state index is 0.0719. The number of pyridine rings is 2. The van der Waals surface area contributed by atoms with Crippen molar-refractivity contribution in [3.05, 3.63) is 47.4 Å². The molecule has 0 N–H and O–H groups in total. The van der Waals surface area contributed by atoms with E-state index in [1.807, 2.05) is 19.9 Å². The van der Waals surface area contributed by atoms with Gasteiger partial charge >= 0.3 is 0 Å². The first-order valence-electron chi connectivity index (χ1n) is 8.59. The van der Waals surface area contributed by atoms with Gasteiger partial charge in [-0.25, -0.2) is 22.7 Å². The molecule has 0 aliphatic rings. The molecule has 8 nitrogen and oxygen atoms in total. The van der Waals surface area contributed by atoms with E-state index in [1.165, 1.54) is 29.9 Å². The smallest absolute Gasteiger partial charge is 0.244 e. The van der Waals surface area contributed by atoms with Crippen LogP contribution < -0.4 is 4.74 Å². The Morgan fingerprint density at radius 1 is 1.18 bits per heavy atom. The maximum Gasteiger partial charge on any atom is 0.244 e. The van der Waals surface area contributed by atoms with Crippen LogP contribution in [0.25, 0.3) is 11.5 Å². The highest BCUT2D eigenvalue weighted by Crippen LogP contribution is 2.23. The van der Waals surface area contributed by atoms with Crippen LogP contribution in [-0.2, 0) is 16.4 Å². The quantitative estimate of drug-likeness (QED) is 0.580. The third kappa shape index (κ3) is 4.51. The summed E-state index contributed by atoms with van der Waals surface area (Å²) in [4.78, 5) is 13.2. The summed E-state index contributed by atoms with van der Waals surface area (Å²) in [5.41, 5.74) is 1.06. The molecule has 148 valence electrons. The minimum atomic E-state index is -3.59. The number of sulfonamides is 1. The SMILES string of the molecule is CC(C)Oc1ccc(-c2nsc(Cc3ncccc3S(=O)(=O)N(C)C)n2)nc1. The van der Waals surface area contributed by atoms with E-state index >= 15 is 0 Å². The summed E-state index contributed by atoms with van der Waals surface area (Å²) < 4.78 is 36.1. The van der Waals surface area contributed by atoms with Gasteiger partial charge in [-0.05, 0) is 49.6 Å². The highest BCUT2D eigenvalue weighted by molar-refractivity contribution is 7.89. The van der Waals surface area contributed by atoms with Crippen LogP contribution in [0.5, 0.6) is 5.75 Å². The van der Waals surface area contributed by atoms with E-state index in [-0.39, 0.29) is 17.4 Å². The summed E-state index contributed by atoms with van der Waals surface area (Å²) in [7, 11) is -0.600. The Bertz CT molecular complexity index is 1050. The maximum absolute atomic E-state index is 12.5. The molecule has 0 spiro atoms. The van der Waals surface area contributed by atoms with E-state index in [9.17, 15) is 8.42 Å². The topological polar surface area (TPSA) is 98.2 Å². The molecule has 0 bridgehead atoms. The predicted octanol–water partition coefficient (Wildman–Crippen LogP) is 2.62. The van der Waals surface area contributed by atoms with Crippen LogP contribution in [0.3, 0.4) is 0 Å². The summed E-state index contributed by atoms with van der Waals surface area (Å²) in [6.45, 7) is 3.90. The highest BCUT2D eigenvalue weighted by Gasteiger charge is 2.22. The molecule has 0 aliphatic heterocycles. The van der Waals surface area contributed by atoms with E-state index < -0.39 is 10.0 Å². The average molecular weight is 420 g/mol. The third-order valence-corrected chi connectivity index (χ3v) is 6.33. The van der Waals surface area contributed by atoms with Gasteiger partial charge in [0.05, 0.1) is 18.0 Å². The van der Waals surface area contributed by atoms with E-state index in [4.69, 9.17) is 4.74 Å². The van der Waals surface area contributed by atoms with Crippen molar-refractivity contribution in [3.63, 3.8) is 0 Å². The Morgan fingerprint density at radius 2 is 1.96 bits per heavy atom. The molecule has 0 radical (unpaired) electrons. The third-order valence-electron chi connectivity index (χ3n) is 3.73. The zero-order valence-corrected chi connectivity index (χ0v) is 17.7. The van der Waals surface area contributed by atoms with Crippen molar-refractivity contribution in [3.8, 4) is 17.3 Å². The Labute approximate surface area is 168 Å². The molecule has 3 rings (SSSR count). The number of nitrogens with zero attached hydrogens (tertiary/aromatic N) is 5. The molecule has 0 aromatic carbocycles. The Morgan fingerprint density at radius 3 is 2.61 bits per heavy atom. The summed E-state index contributed by atoms with van der Waals surface area (Å²) >= 11 is 1.20. The average Bonchev–Trinajstić information content (AvgIpc) is 3.10. The second-order valence-electron chi connectivity index (χ2n) is 6.47. The second-order valence-corrected chi connectivity index (χ2v) is 9.43. The molecule has 0 aliphatic carbocycles. The first kappa shape index (κ1) is 20.3. The first-order valence-corrected chi connectivity index (χ1v) is 10.8. The van der Waals surface area contributed by atoms with Gasteiger partial charge in [-0.15, -0.1) is 0 Å². The fourth-order valence-corrected chi connectivity index (χ4v) is 4.14. The molecule has 0 amide bonds. The van der Waals surface area contributed by atoms with Crippen molar-refractivity contribution < 1.29 is 13.2 Å². The lowest BCUT2D eigenvalue weighted by Gasteiger charge is -2.13. The number of aromatic nitrogens is 4. The minimum Gasteiger partial charge on any atom is -0.489 e. The van der Waals surface area contributed by atoms with Crippen LogP contribution in [0.1, 0.15) is 24.5 Å². The van der Waals surface area contributed by atoms with Gasteiger partial charge in [0.1, 0.15) is 21.3 Å². The van der Waals surface area contributed by atoms with Crippen LogP contribution in [-0.4, -0.2) is 52.2 Å². The second kappa shape index (κ2) is 8.29. The summed E-state index contributed by atoms with van der Waals surface area (Å²) in [5.74, 6) is 1.17. The number of hydrogen-bond donors (Lipinski definition) is 0. The van der Waals surface area contributed by atoms with Gasteiger partial charge in [-0.2, -0.15) is 4.37 Å². The molecular formula is C18H21N5O3S2. The Balaban J connectivity index is 1.83. The lowest BCUT2D eigenvalue weighted by atomic mass is 10.3. The van der Waals surface area contributed by atoms with E-state index in [2.05, 4.69) is 19.3 Å². The lowest BCUT2D eigenvalue weighted by molar-refractivity contribution is 0.241. The van der Waals surface area contributed by atoms with Gasteiger partial charge in [0.15, 0.2) is 5.82 Å². The van der Waals surface area contributed by atoms with Crippen LogP contribution in [0.4, 0.5) is 0 Å². The zero-order valence-electron chi connectivity index (χ0n) is 16.0. The van der Waals surface area contributed by atoms with Crippen molar-refractivity contribution in [1.82, 2.24) is 23.6 Å². The van der Waals surface area contributed by atoms with Crippen molar-refractivity contribution in [2.45, 2.75) is 31.3 Å². The van der Waals surface area contributed by atoms with Crippen molar-refractivity contribution >= 4 is 21.6 Å². The molecule has 0 saturated carbocycles. The van der Waals surface area contributed by atoms with Gasteiger partial charge in [0.2, 0.25) is 10.0 Å². The van der Waals surface area contributed by atoms with E-state index in [0.717, 1.165) is 0 Å². The molecule has 3 heterocycles. The van der Waals surface area contributed by atoms with Gasteiger partial charge in [-0.1, -0.05) is 0 Å². The normalized spacial score (nSPS) is 11.9. The fourth-order valence-electron chi connectivity index (χ4n) is 2.42. The number of ether oxygens (including phenoxy) is 1. The molecule has 3 aromatic heterocycles. The van der Waals surface area contributed by atoms with Gasteiger partial charge < -0.3 is 4.74 Å². The van der Waals surface area contributed by atoms with Crippen LogP contribution in [0, 0.1) is 0 Å². The Kier molecular flexibility index (Phi) is 6.01. The van der Waals surface area contributed by atoms with E-state index in [1.54, 1.807) is 30.6 Å². The zero-order chi connectivity index (χ0) is 20.3. The van der Waals surface area contributed by atoms with Crippen molar-refractivity contribution in [2.75, 3.05) is 14.1 Å². The van der Waals surface area contributed by atoms with Crippen molar-refractivity contribution in [1.29, 1.82) is 0 Å². The van der Waals surface area contributed by atoms with Crippen LogP contribution in [0.15, 0.2) is 41.6 Å². The fraction of sp³-hybridized carbons (Fsp3) is 0.333. The molecule has 0 unspecified atom stereocenters. The molecule has 0 atom stereocenters. The first-order chi connectivity index (χ1) is 13.3. The predicted molar refractivity (Wildman–Crippen MR) is 107 cm³/mol. The molecule has 0 saturated heterocycles. The summed E-state index contributed by atoms with van der Waals surface area (Å²) in [6.07, 6.45) is 3.55. The Hall–Kier alpha value is -2.43. The van der Waals surface area contributed by atoms with Crippen LogP contribution >= 0.6 is 11.5 Å². The molecular weight excluding hydrogens is 398 g/mol. The van der Waals surface area contributed by atoms with Gasteiger partial charge in [0, 0.05) is 26.7 Å². The van der Waals surface area contributed by atoms with Crippen LogP contribution in [0.2, 0.25) is 0 Å². The van der Waals surface area contributed by atoms with Gasteiger partial charge in [-0.3, -0.25) is 4.98 Å². The molecule has 10 heteroatoms. The largest absolute Gasteiger partial charge is 0.489 e. The molecule has 28 heavy (non-hydrogen) atoms. The molecule has 3 aromatic rings. The lowest BCUT2D eigenvalue weighted by Crippen LogP contribution is -2.23. The summed E-state index contributed by atoms with van der Waals surface area (Å²) in [5, 5.41) is 0.660.